The molecule has 0 aromatic heterocycles. The van der Waals surface area contributed by atoms with Crippen LogP contribution in [0.2, 0.25) is 8.87 Å². The second-order valence-electron chi connectivity index (χ2n) is 13.4. The van der Waals surface area contributed by atoms with E-state index in [4.69, 9.17) is 9.47 Å². The third kappa shape index (κ3) is 21.9. The summed E-state index contributed by atoms with van der Waals surface area (Å²) in [4.78, 5) is 24.7. The Kier molecular flexibility index (Phi) is 19.7. The van der Waals surface area contributed by atoms with Crippen molar-refractivity contribution in [2.24, 2.45) is 22.7 Å². The van der Waals surface area contributed by atoms with Crippen molar-refractivity contribution in [2.45, 2.75) is 129 Å². The molecule has 0 heterocycles. The molecule has 4 nitrogen and oxygen atoms in total. The van der Waals surface area contributed by atoms with E-state index < -0.39 is 15.6 Å². The molecular weight excluding hydrogens is 607 g/mol. The molecule has 37 heavy (non-hydrogen) atoms. The van der Waals surface area contributed by atoms with Crippen LogP contribution in [0.5, 0.6) is 0 Å². The molecule has 0 aliphatic carbocycles. The third-order valence-corrected chi connectivity index (χ3v) is 37.1. The molecular formula is C30H60O4S2Sn. The van der Waals surface area contributed by atoms with Gasteiger partial charge in [0.15, 0.2) is 0 Å². The summed E-state index contributed by atoms with van der Waals surface area (Å²) in [6, 6.07) is 0. The summed E-state index contributed by atoms with van der Waals surface area (Å²) in [5.74, 6) is 2.39. The number of carbonyl (C=O) groups is 2. The van der Waals surface area contributed by atoms with E-state index in [1.54, 1.807) is 0 Å². The summed E-state index contributed by atoms with van der Waals surface area (Å²) in [7, 11) is 4.30. The van der Waals surface area contributed by atoms with Gasteiger partial charge in [0.25, 0.3) is 0 Å². The average molecular weight is 668 g/mol. The zero-order valence-electron chi connectivity index (χ0n) is 26.0. The van der Waals surface area contributed by atoms with Crippen LogP contribution >= 0.6 is 17.9 Å². The molecule has 0 aliphatic rings. The minimum absolute atomic E-state index is 0.0551. The van der Waals surface area contributed by atoms with Crippen molar-refractivity contribution in [1.29, 1.82) is 0 Å². The van der Waals surface area contributed by atoms with Gasteiger partial charge in [0.1, 0.15) is 0 Å². The topological polar surface area (TPSA) is 52.6 Å². The van der Waals surface area contributed by atoms with Crippen LogP contribution in [-0.2, 0) is 19.1 Å². The van der Waals surface area contributed by atoms with Crippen LogP contribution in [0.4, 0.5) is 0 Å². The molecule has 7 heteroatoms. The van der Waals surface area contributed by atoms with E-state index in [1.165, 1.54) is 34.6 Å². The van der Waals surface area contributed by atoms with Crippen molar-refractivity contribution >= 4 is 45.4 Å². The van der Waals surface area contributed by atoms with Crippen molar-refractivity contribution in [3.63, 3.8) is 0 Å². The number of rotatable bonds is 20. The first-order valence-corrected chi connectivity index (χ1v) is 27.7. The Morgan fingerprint density at radius 2 is 1.05 bits per heavy atom. The number of unbranched alkanes of at least 4 members (excludes halogenated alkanes) is 2. The number of hydrogen-bond donors (Lipinski definition) is 0. The van der Waals surface area contributed by atoms with Gasteiger partial charge in [0, 0.05) is 0 Å². The summed E-state index contributed by atoms with van der Waals surface area (Å²) < 4.78 is 14.0. The minimum atomic E-state index is -2.55. The summed E-state index contributed by atoms with van der Waals surface area (Å²) in [6.45, 7) is 23.2. The van der Waals surface area contributed by atoms with E-state index in [9.17, 15) is 9.59 Å². The van der Waals surface area contributed by atoms with Crippen molar-refractivity contribution < 1.29 is 19.1 Å². The molecule has 0 spiro atoms. The standard InChI is InChI=1S/2C11H22O2S.2C4H9.Sn/c2*1-9(8-11(2,3)4)7-10(12)13-5-6-14;2*1-3-4-2;/h2*9,14H,5-8H2,1-4H3;2*1,3-4H2,2H3;/q;;;;+2/p-2. The maximum absolute atomic E-state index is 12.4. The normalized spacial score (nSPS) is 14.3. The third-order valence-electron chi connectivity index (χ3n) is 6.20. The van der Waals surface area contributed by atoms with Crippen LogP contribution in [0.1, 0.15) is 121 Å². The number of ether oxygens (including phenoxy) is 2. The molecule has 0 amide bonds. The number of esters is 2. The Bertz CT molecular complexity index is 574. The van der Waals surface area contributed by atoms with Crippen LogP contribution < -0.4 is 0 Å². The maximum atomic E-state index is 12.4. The Hall–Kier alpha value is 0.439. The first kappa shape index (κ1) is 37.4. The van der Waals surface area contributed by atoms with Crippen LogP contribution in [0.3, 0.4) is 0 Å². The molecule has 0 saturated heterocycles. The molecule has 0 rings (SSSR count). The van der Waals surface area contributed by atoms with Crippen molar-refractivity contribution in [1.82, 2.24) is 0 Å². The predicted molar refractivity (Wildman–Crippen MR) is 168 cm³/mol. The van der Waals surface area contributed by atoms with Gasteiger partial charge in [-0.2, -0.15) is 0 Å². The van der Waals surface area contributed by atoms with Gasteiger partial charge in [0.05, 0.1) is 0 Å². The van der Waals surface area contributed by atoms with Gasteiger partial charge in [-0.05, 0) is 0 Å². The molecule has 0 N–H and O–H groups in total. The average Bonchev–Trinajstić information content (AvgIpc) is 2.73. The van der Waals surface area contributed by atoms with Crippen LogP contribution in [0, 0.1) is 22.7 Å². The molecule has 0 fully saturated rings. The Morgan fingerprint density at radius 1 is 0.703 bits per heavy atom. The molecule has 0 bridgehead atoms. The molecule has 0 aliphatic heterocycles. The summed E-state index contributed by atoms with van der Waals surface area (Å²) in [5.41, 5.74) is 0.469. The van der Waals surface area contributed by atoms with Gasteiger partial charge in [-0.15, -0.1) is 0 Å². The molecule has 2 atom stereocenters. The van der Waals surface area contributed by atoms with E-state index in [0.717, 1.165) is 24.3 Å². The van der Waals surface area contributed by atoms with E-state index in [1.807, 2.05) is 0 Å². The Morgan fingerprint density at radius 3 is 1.35 bits per heavy atom. The van der Waals surface area contributed by atoms with E-state index in [0.29, 0.717) is 37.9 Å². The van der Waals surface area contributed by atoms with Crippen LogP contribution in [-0.4, -0.2) is 52.3 Å². The van der Waals surface area contributed by atoms with E-state index in [-0.39, 0.29) is 22.8 Å². The predicted octanol–water partition coefficient (Wildman–Crippen LogP) is 9.51. The zero-order valence-corrected chi connectivity index (χ0v) is 30.5. The second-order valence-corrected chi connectivity index (χ2v) is 40.0. The number of hydrogen-bond acceptors (Lipinski definition) is 6. The van der Waals surface area contributed by atoms with Crippen LogP contribution in [0.25, 0.3) is 0 Å². The zero-order chi connectivity index (χ0) is 28.5. The quantitative estimate of drug-likeness (QED) is 0.0733. The molecule has 0 saturated carbocycles. The van der Waals surface area contributed by atoms with Crippen molar-refractivity contribution in [2.75, 3.05) is 24.7 Å². The molecule has 0 radical (unpaired) electrons. The van der Waals surface area contributed by atoms with E-state index >= 15 is 0 Å². The van der Waals surface area contributed by atoms with Gasteiger partial charge < -0.3 is 0 Å². The fraction of sp³-hybridized carbons (Fsp3) is 0.933. The van der Waals surface area contributed by atoms with Crippen molar-refractivity contribution in [3.8, 4) is 0 Å². The SMILES string of the molecule is CCC[CH2][Sn]([CH2]CCC)([S]CCOC(=O)CC(C)CC(C)(C)C)[S]CCOC(=O)CC(C)CC(C)(C)C. The monoisotopic (exact) mass is 668 g/mol. The number of carbonyl (C=O) groups excluding carboxylic acids is 2. The van der Waals surface area contributed by atoms with Gasteiger partial charge >= 0.3 is 241 Å². The van der Waals surface area contributed by atoms with Gasteiger partial charge in [-0.3, -0.25) is 0 Å². The van der Waals surface area contributed by atoms with E-state index in [2.05, 4.69) is 87.1 Å². The van der Waals surface area contributed by atoms with Gasteiger partial charge in [-0.25, -0.2) is 0 Å². The van der Waals surface area contributed by atoms with Gasteiger partial charge in [0.2, 0.25) is 0 Å². The summed E-state index contributed by atoms with van der Waals surface area (Å²) in [6.07, 6.45) is 8.05. The Balaban J connectivity index is 4.75. The second kappa shape index (κ2) is 19.5. The van der Waals surface area contributed by atoms with Crippen LogP contribution in [0.15, 0.2) is 0 Å². The molecule has 0 aromatic rings. The van der Waals surface area contributed by atoms with Crippen molar-refractivity contribution in [3.05, 3.63) is 0 Å². The Labute approximate surface area is 240 Å². The fourth-order valence-corrected chi connectivity index (χ4v) is 34.9. The summed E-state index contributed by atoms with van der Waals surface area (Å²) in [5, 5.41) is 0. The molecule has 2 unspecified atom stereocenters. The molecule has 220 valence electrons. The fourth-order valence-electron chi connectivity index (χ4n) is 5.04. The molecule has 0 aromatic carbocycles. The first-order valence-electron chi connectivity index (χ1n) is 14.7. The summed E-state index contributed by atoms with van der Waals surface area (Å²) >= 11 is -2.55. The first-order chi connectivity index (χ1) is 17.1. The van der Waals surface area contributed by atoms with Gasteiger partial charge in [-0.1, -0.05) is 0 Å².